The van der Waals surface area contributed by atoms with E-state index in [0.717, 1.165) is 11.3 Å². The summed E-state index contributed by atoms with van der Waals surface area (Å²) in [4.78, 5) is 13.3. The van der Waals surface area contributed by atoms with Gasteiger partial charge in [-0.1, -0.05) is 11.3 Å². The Balaban J connectivity index is 3.15. The molecule has 0 radical (unpaired) electrons. The second-order valence-electron chi connectivity index (χ2n) is 1.57. The summed E-state index contributed by atoms with van der Waals surface area (Å²) in [6.07, 6.45) is 0. The van der Waals surface area contributed by atoms with Crippen molar-refractivity contribution in [2.75, 3.05) is 0 Å². The Kier molecular flexibility index (Phi) is 2.43. The van der Waals surface area contributed by atoms with Crippen LogP contribution in [0.5, 0.6) is 0 Å². The molecule has 0 saturated heterocycles. The van der Waals surface area contributed by atoms with Crippen LogP contribution in [0.2, 0.25) is 0 Å². The second kappa shape index (κ2) is 3.34. The van der Waals surface area contributed by atoms with E-state index in [1.54, 1.807) is 5.38 Å². The van der Waals surface area contributed by atoms with Gasteiger partial charge in [-0.25, -0.2) is 0 Å². The van der Waals surface area contributed by atoms with Crippen molar-refractivity contribution in [3.63, 3.8) is 0 Å². The largest absolute Gasteiger partial charge is 0.350 e. The molecule has 56 valence electrons. The van der Waals surface area contributed by atoms with E-state index in [1.807, 2.05) is 0 Å². The summed E-state index contributed by atoms with van der Waals surface area (Å²) >= 11 is 5.33. The van der Waals surface area contributed by atoms with Crippen LogP contribution in [0.1, 0.15) is 0 Å². The standard InChI is InChI=1S/C5H2N2O2S2/c8-7(9)5-4(6-3-10)1-2-11-5/h1-2H. The summed E-state index contributed by atoms with van der Waals surface area (Å²) in [6, 6.07) is 1.53. The monoisotopic (exact) mass is 186 g/mol. The number of nitro groups is 1. The molecule has 0 aliphatic rings. The van der Waals surface area contributed by atoms with Gasteiger partial charge < -0.3 is 0 Å². The lowest BCUT2D eigenvalue weighted by atomic mass is 10.5. The zero-order valence-corrected chi connectivity index (χ0v) is 6.82. The lowest BCUT2D eigenvalue weighted by Crippen LogP contribution is -1.82. The van der Waals surface area contributed by atoms with E-state index in [4.69, 9.17) is 0 Å². The average molecular weight is 186 g/mol. The molecule has 11 heavy (non-hydrogen) atoms. The lowest BCUT2D eigenvalue weighted by Gasteiger charge is -1.83. The topological polar surface area (TPSA) is 55.5 Å². The highest BCUT2D eigenvalue weighted by Crippen LogP contribution is 2.32. The maximum Gasteiger partial charge on any atom is 0.350 e. The van der Waals surface area contributed by atoms with Crippen molar-refractivity contribution in [2.45, 2.75) is 0 Å². The summed E-state index contributed by atoms with van der Waals surface area (Å²) in [5, 5.41) is 13.9. The van der Waals surface area contributed by atoms with Crippen LogP contribution in [0.3, 0.4) is 0 Å². The van der Waals surface area contributed by atoms with Crippen LogP contribution in [-0.2, 0) is 0 Å². The zero-order chi connectivity index (χ0) is 8.27. The van der Waals surface area contributed by atoms with Gasteiger partial charge in [0.05, 0.1) is 10.1 Å². The van der Waals surface area contributed by atoms with E-state index in [9.17, 15) is 10.1 Å². The minimum Gasteiger partial charge on any atom is -0.257 e. The normalized spacial score (nSPS) is 8.73. The third-order valence-electron chi connectivity index (χ3n) is 0.957. The third-order valence-corrected chi connectivity index (χ3v) is 1.90. The molecule has 0 atom stereocenters. The summed E-state index contributed by atoms with van der Waals surface area (Å²) in [7, 11) is 0. The number of thiocarbonyl (C=S) groups is 1. The molecule has 0 N–H and O–H groups in total. The van der Waals surface area contributed by atoms with Crippen LogP contribution in [0.25, 0.3) is 0 Å². The Morgan fingerprint density at radius 2 is 2.55 bits per heavy atom. The van der Waals surface area contributed by atoms with Crippen molar-refractivity contribution in [3.05, 3.63) is 21.6 Å². The Labute approximate surface area is 71.3 Å². The molecule has 6 heteroatoms. The van der Waals surface area contributed by atoms with E-state index in [2.05, 4.69) is 22.4 Å². The van der Waals surface area contributed by atoms with Crippen molar-refractivity contribution in [1.29, 1.82) is 0 Å². The SMILES string of the molecule is O=[N+]([O-])c1sccc1N=C=S. The predicted octanol–water partition coefficient (Wildman–Crippen LogP) is 2.39. The number of nitrogens with zero attached hydrogens (tertiary/aromatic N) is 2. The quantitative estimate of drug-likeness (QED) is 0.308. The van der Waals surface area contributed by atoms with Gasteiger partial charge in [0.15, 0.2) is 5.69 Å². The molecule has 0 aliphatic carbocycles. The molecule has 1 heterocycles. The minimum absolute atomic E-state index is 0.00218. The summed E-state index contributed by atoms with van der Waals surface area (Å²) < 4.78 is 0. The average Bonchev–Trinajstić information content (AvgIpc) is 2.36. The number of hydrogen-bond donors (Lipinski definition) is 0. The molecular weight excluding hydrogens is 184 g/mol. The molecule has 0 unspecified atom stereocenters. The highest BCUT2D eigenvalue weighted by molar-refractivity contribution is 7.78. The molecule has 0 aliphatic heterocycles. The maximum atomic E-state index is 10.3. The number of hydrogen-bond acceptors (Lipinski definition) is 5. The fourth-order valence-electron chi connectivity index (χ4n) is 0.565. The molecule has 0 bridgehead atoms. The van der Waals surface area contributed by atoms with Crippen LogP contribution in [0, 0.1) is 10.1 Å². The number of aliphatic imine (C=N–C) groups is 1. The minimum atomic E-state index is -0.490. The summed E-state index contributed by atoms with van der Waals surface area (Å²) in [5.74, 6) is 0. The smallest absolute Gasteiger partial charge is 0.257 e. The second-order valence-corrected chi connectivity index (χ2v) is 2.65. The molecule has 0 fully saturated rings. The first-order chi connectivity index (χ1) is 5.25. The molecule has 1 aromatic rings. The molecule has 0 aromatic carbocycles. The van der Waals surface area contributed by atoms with Crippen LogP contribution in [0.15, 0.2) is 16.4 Å². The molecule has 1 rings (SSSR count). The first-order valence-corrected chi connectivity index (χ1v) is 3.84. The zero-order valence-electron chi connectivity index (χ0n) is 5.18. The van der Waals surface area contributed by atoms with Gasteiger partial charge in [0, 0.05) is 0 Å². The first kappa shape index (κ1) is 8.00. The fourth-order valence-corrected chi connectivity index (χ4v) is 1.31. The predicted molar refractivity (Wildman–Crippen MR) is 45.7 cm³/mol. The highest BCUT2D eigenvalue weighted by Gasteiger charge is 2.13. The van der Waals surface area contributed by atoms with E-state index >= 15 is 0 Å². The fraction of sp³-hybridized carbons (Fsp3) is 0. The van der Waals surface area contributed by atoms with Crippen LogP contribution in [-0.4, -0.2) is 10.1 Å². The lowest BCUT2D eigenvalue weighted by molar-refractivity contribution is -0.379. The van der Waals surface area contributed by atoms with E-state index in [0.29, 0.717) is 0 Å². The number of isothiocyanates is 1. The van der Waals surface area contributed by atoms with Crippen molar-refractivity contribution in [2.24, 2.45) is 4.99 Å². The van der Waals surface area contributed by atoms with Gasteiger partial charge in [0.2, 0.25) is 0 Å². The molecule has 1 aromatic heterocycles. The van der Waals surface area contributed by atoms with E-state index < -0.39 is 4.92 Å². The van der Waals surface area contributed by atoms with Crippen molar-refractivity contribution in [1.82, 2.24) is 0 Å². The van der Waals surface area contributed by atoms with Crippen LogP contribution < -0.4 is 0 Å². The van der Waals surface area contributed by atoms with Gasteiger partial charge in [-0.3, -0.25) is 10.1 Å². The molecule has 0 spiro atoms. The number of rotatable bonds is 2. The van der Waals surface area contributed by atoms with Gasteiger partial charge >= 0.3 is 5.00 Å². The van der Waals surface area contributed by atoms with Crippen molar-refractivity contribution in [3.8, 4) is 0 Å². The van der Waals surface area contributed by atoms with Gasteiger partial charge in [-0.15, -0.1) is 0 Å². The van der Waals surface area contributed by atoms with E-state index in [1.165, 1.54) is 6.07 Å². The van der Waals surface area contributed by atoms with E-state index in [-0.39, 0.29) is 10.7 Å². The van der Waals surface area contributed by atoms with Crippen molar-refractivity contribution < 1.29 is 4.92 Å². The Hall–Kier alpha value is -1.10. The van der Waals surface area contributed by atoms with Crippen molar-refractivity contribution >= 4 is 39.4 Å². The third kappa shape index (κ3) is 1.68. The maximum absolute atomic E-state index is 10.3. The molecule has 0 amide bonds. The Morgan fingerprint density at radius 3 is 3.09 bits per heavy atom. The molecule has 0 saturated carbocycles. The Morgan fingerprint density at radius 1 is 1.82 bits per heavy atom. The molecule has 4 nitrogen and oxygen atoms in total. The van der Waals surface area contributed by atoms with Gasteiger partial charge in [-0.2, -0.15) is 4.99 Å². The van der Waals surface area contributed by atoms with Gasteiger partial charge in [0.1, 0.15) is 0 Å². The van der Waals surface area contributed by atoms with Gasteiger partial charge in [0.25, 0.3) is 0 Å². The molecular formula is C5H2N2O2S2. The summed E-state index contributed by atoms with van der Waals surface area (Å²) in [6.45, 7) is 0. The highest BCUT2D eigenvalue weighted by atomic mass is 32.1. The first-order valence-electron chi connectivity index (χ1n) is 2.55. The van der Waals surface area contributed by atoms with Crippen LogP contribution >= 0.6 is 23.6 Å². The Bertz CT molecular complexity index is 310. The van der Waals surface area contributed by atoms with Crippen LogP contribution in [0.4, 0.5) is 10.7 Å². The number of thiophene rings is 1. The summed E-state index contributed by atoms with van der Waals surface area (Å²) in [5.41, 5.74) is 0.273. The van der Waals surface area contributed by atoms with Gasteiger partial charge in [-0.05, 0) is 23.7 Å².